The summed E-state index contributed by atoms with van der Waals surface area (Å²) in [5, 5.41) is 0. The second-order valence-electron chi connectivity index (χ2n) is 3.42. The number of carbonyl (C=O) groups is 2. The minimum absolute atomic E-state index is 0.164. The summed E-state index contributed by atoms with van der Waals surface area (Å²) in [5.74, 6) is -1.82. The third kappa shape index (κ3) is 6.10. The first-order valence-electron chi connectivity index (χ1n) is 5.44. The number of methoxy groups -OCH3 is 1. The normalized spacial score (nSPS) is 11.9. The van der Waals surface area contributed by atoms with Crippen LogP contribution in [-0.4, -0.2) is 25.2 Å². The van der Waals surface area contributed by atoms with Gasteiger partial charge in [-0.1, -0.05) is 26.7 Å². The van der Waals surface area contributed by atoms with Gasteiger partial charge in [0.2, 0.25) is 0 Å². The average molecular weight is 216 g/mol. The van der Waals surface area contributed by atoms with Crippen molar-refractivity contribution in [3.05, 3.63) is 0 Å². The van der Waals surface area contributed by atoms with Gasteiger partial charge in [-0.3, -0.25) is 0 Å². The number of carbonyl (C=O) groups excluding carboxylic acids is 2. The van der Waals surface area contributed by atoms with Crippen LogP contribution >= 0.6 is 0 Å². The molecule has 0 aliphatic rings. The zero-order valence-electron chi connectivity index (χ0n) is 9.75. The van der Waals surface area contributed by atoms with Crippen LogP contribution in [0.1, 0.15) is 46.0 Å². The van der Waals surface area contributed by atoms with E-state index in [1.807, 2.05) is 6.92 Å². The highest BCUT2D eigenvalue weighted by Crippen LogP contribution is 2.10. The van der Waals surface area contributed by atoms with Crippen molar-refractivity contribution < 1.29 is 19.1 Å². The highest BCUT2D eigenvalue weighted by Gasteiger charge is 2.19. The number of hydrogen-bond donors (Lipinski definition) is 0. The average Bonchev–Trinajstić information content (AvgIpc) is 2.26. The van der Waals surface area contributed by atoms with Crippen LogP contribution in [-0.2, 0) is 19.1 Å². The van der Waals surface area contributed by atoms with Gasteiger partial charge in [0.25, 0.3) is 0 Å². The van der Waals surface area contributed by atoms with Crippen molar-refractivity contribution in [1.29, 1.82) is 0 Å². The number of rotatable bonds is 6. The molecule has 0 aliphatic carbocycles. The molecule has 4 nitrogen and oxygen atoms in total. The summed E-state index contributed by atoms with van der Waals surface area (Å²) in [6.07, 6.45) is 4.64. The maximum absolute atomic E-state index is 11.1. The molecule has 0 radical (unpaired) electrons. The first-order valence-corrected chi connectivity index (χ1v) is 5.44. The van der Waals surface area contributed by atoms with Crippen molar-refractivity contribution >= 4 is 11.9 Å². The predicted octanol–water partition coefficient (Wildman–Crippen LogP) is 2.06. The van der Waals surface area contributed by atoms with Gasteiger partial charge >= 0.3 is 11.9 Å². The van der Waals surface area contributed by atoms with E-state index in [0.717, 1.165) is 32.1 Å². The zero-order valence-corrected chi connectivity index (χ0v) is 9.75. The number of ether oxygens (including phenoxy) is 2. The molecule has 0 fully saturated rings. The minimum Gasteiger partial charge on any atom is -0.461 e. The van der Waals surface area contributed by atoms with Crippen molar-refractivity contribution in [2.45, 2.75) is 52.1 Å². The van der Waals surface area contributed by atoms with Crippen LogP contribution in [0.2, 0.25) is 0 Å². The summed E-state index contributed by atoms with van der Waals surface area (Å²) in [7, 11) is 1.17. The number of hydrogen-bond acceptors (Lipinski definition) is 4. The van der Waals surface area contributed by atoms with Gasteiger partial charge in [0.1, 0.15) is 6.10 Å². The molecule has 0 N–H and O–H groups in total. The molecule has 0 aliphatic heterocycles. The van der Waals surface area contributed by atoms with Gasteiger partial charge < -0.3 is 9.47 Å². The van der Waals surface area contributed by atoms with Crippen molar-refractivity contribution in [2.75, 3.05) is 7.11 Å². The van der Waals surface area contributed by atoms with E-state index in [1.165, 1.54) is 7.11 Å². The topological polar surface area (TPSA) is 52.6 Å². The molecule has 1 unspecified atom stereocenters. The second kappa shape index (κ2) is 8.26. The fraction of sp³-hybridized carbons (Fsp3) is 0.818. The zero-order chi connectivity index (χ0) is 11.7. The van der Waals surface area contributed by atoms with Crippen molar-refractivity contribution in [1.82, 2.24) is 0 Å². The Morgan fingerprint density at radius 1 is 1.13 bits per heavy atom. The highest BCUT2D eigenvalue weighted by atomic mass is 16.6. The third-order valence-corrected chi connectivity index (χ3v) is 2.21. The lowest BCUT2D eigenvalue weighted by Gasteiger charge is -2.14. The van der Waals surface area contributed by atoms with Gasteiger partial charge in [-0.25, -0.2) is 9.59 Å². The van der Waals surface area contributed by atoms with Gasteiger partial charge in [-0.15, -0.1) is 0 Å². The first kappa shape index (κ1) is 13.9. The molecule has 0 aromatic carbocycles. The van der Waals surface area contributed by atoms with Crippen LogP contribution in [0.15, 0.2) is 0 Å². The molecule has 1 atom stereocenters. The van der Waals surface area contributed by atoms with Crippen LogP contribution in [0.25, 0.3) is 0 Å². The second-order valence-corrected chi connectivity index (χ2v) is 3.42. The van der Waals surface area contributed by atoms with Gasteiger partial charge in [-0.2, -0.15) is 0 Å². The third-order valence-electron chi connectivity index (χ3n) is 2.21. The maximum Gasteiger partial charge on any atom is 0.417 e. The van der Waals surface area contributed by atoms with Crippen LogP contribution in [0, 0.1) is 0 Å². The van der Waals surface area contributed by atoms with Gasteiger partial charge in [0, 0.05) is 0 Å². The lowest BCUT2D eigenvalue weighted by atomic mass is 10.1. The molecule has 0 saturated heterocycles. The molecule has 4 heteroatoms. The van der Waals surface area contributed by atoms with Gasteiger partial charge in [-0.05, 0) is 19.3 Å². The Labute approximate surface area is 90.9 Å². The lowest BCUT2D eigenvalue weighted by molar-refractivity contribution is -0.169. The van der Waals surface area contributed by atoms with Crippen LogP contribution in [0.4, 0.5) is 0 Å². The molecule has 88 valence electrons. The van der Waals surface area contributed by atoms with E-state index in [9.17, 15) is 9.59 Å². The SMILES string of the molecule is CCCCCC(CC)OC(=O)C(=O)OC. The van der Waals surface area contributed by atoms with Crippen molar-refractivity contribution in [2.24, 2.45) is 0 Å². The Morgan fingerprint density at radius 2 is 1.80 bits per heavy atom. The molecule has 0 saturated carbocycles. The molecule has 0 rings (SSSR count). The van der Waals surface area contributed by atoms with E-state index in [-0.39, 0.29) is 6.10 Å². The minimum atomic E-state index is -0.927. The smallest absolute Gasteiger partial charge is 0.417 e. The van der Waals surface area contributed by atoms with E-state index >= 15 is 0 Å². The molecular weight excluding hydrogens is 196 g/mol. The monoisotopic (exact) mass is 216 g/mol. The molecule has 0 spiro atoms. The summed E-state index contributed by atoms with van der Waals surface area (Å²) in [4.78, 5) is 21.9. The summed E-state index contributed by atoms with van der Waals surface area (Å²) < 4.78 is 9.25. The number of unbranched alkanes of at least 4 members (excludes halogenated alkanes) is 2. The molecule has 0 amide bonds. The molecule has 0 aromatic heterocycles. The highest BCUT2D eigenvalue weighted by molar-refractivity contribution is 6.29. The standard InChI is InChI=1S/C11H20O4/c1-4-6-7-8-9(5-2)15-11(13)10(12)14-3/h9H,4-8H2,1-3H3. The largest absolute Gasteiger partial charge is 0.461 e. The molecule has 0 aromatic rings. The summed E-state index contributed by atoms with van der Waals surface area (Å²) in [5.41, 5.74) is 0. The van der Waals surface area contributed by atoms with E-state index in [2.05, 4.69) is 11.7 Å². The maximum atomic E-state index is 11.1. The quantitative estimate of drug-likeness (QED) is 0.387. The first-order chi connectivity index (χ1) is 7.15. The predicted molar refractivity (Wildman–Crippen MR) is 56.3 cm³/mol. The van der Waals surface area contributed by atoms with Crippen molar-refractivity contribution in [3.63, 3.8) is 0 Å². The van der Waals surface area contributed by atoms with E-state index in [4.69, 9.17) is 4.74 Å². The van der Waals surface area contributed by atoms with Crippen LogP contribution in [0.5, 0.6) is 0 Å². The van der Waals surface area contributed by atoms with E-state index in [0.29, 0.717) is 0 Å². The Kier molecular flexibility index (Phi) is 7.68. The fourth-order valence-corrected chi connectivity index (χ4v) is 1.25. The number of esters is 2. The van der Waals surface area contributed by atoms with E-state index < -0.39 is 11.9 Å². The Bertz CT molecular complexity index is 201. The van der Waals surface area contributed by atoms with Gasteiger partial charge in [0.05, 0.1) is 7.11 Å². The van der Waals surface area contributed by atoms with E-state index in [1.54, 1.807) is 0 Å². The summed E-state index contributed by atoms with van der Waals surface area (Å²) in [6, 6.07) is 0. The Balaban J connectivity index is 3.87. The Hall–Kier alpha value is -1.06. The molecule has 15 heavy (non-hydrogen) atoms. The molecule has 0 bridgehead atoms. The van der Waals surface area contributed by atoms with Gasteiger partial charge in [0.15, 0.2) is 0 Å². The lowest BCUT2D eigenvalue weighted by Crippen LogP contribution is -2.25. The molecule has 0 heterocycles. The Morgan fingerprint density at radius 3 is 2.27 bits per heavy atom. The fourth-order valence-electron chi connectivity index (χ4n) is 1.25. The van der Waals surface area contributed by atoms with Crippen molar-refractivity contribution in [3.8, 4) is 0 Å². The summed E-state index contributed by atoms with van der Waals surface area (Å²) >= 11 is 0. The van der Waals surface area contributed by atoms with Crippen LogP contribution in [0.3, 0.4) is 0 Å². The van der Waals surface area contributed by atoms with Crippen LogP contribution < -0.4 is 0 Å². The summed E-state index contributed by atoms with van der Waals surface area (Å²) in [6.45, 7) is 4.04. The molecular formula is C11H20O4.